The number of carboxylic acid groups (broad SMARTS) is 1. The monoisotopic (exact) mass is 1010 g/mol. The van der Waals surface area contributed by atoms with E-state index in [1.807, 2.05) is 0 Å². The van der Waals surface area contributed by atoms with Crippen molar-refractivity contribution in [2.45, 2.75) is 90.4 Å². The number of carboxylic acids is 1. The molecule has 2 aliphatic heterocycles. The summed E-state index contributed by atoms with van der Waals surface area (Å²) in [7, 11) is 2.97. The number of fused-ring (bicyclic) bond motifs is 2. The summed E-state index contributed by atoms with van der Waals surface area (Å²) in [5, 5.41) is 19.5. The molecular formula is C49H56N8O14S. The molecule has 0 saturated carbocycles. The zero-order valence-corrected chi connectivity index (χ0v) is 40.9. The molecule has 2 aliphatic rings. The first-order valence-corrected chi connectivity index (χ1v) is 24.0. The Morgan fingerprint density at radius 3 is 2.12 bits per heavy atom. The fraction of sp³-hybridized carbons (Fsp3) is 0.408. The van der Waals surface area contributed by atoms with Gasteiger partial charge in [0.2, 0.25) is 29.5 Å². The van der Waals surface area contributed by atoms with Crippen LogP contribution in [-0.4, -0.2) is 125 Å². The summed E-state index contributed by atoms with van der Waals surface area (Å²) >= 11 is 1.20. The van der Waals surface area contributed by atoms with Gasteiger partial charge in [-0.3, -0.25) is 48.1 Å². The van der Waals surface area contributed by atoms with Crippen LogP contribution in [0, 0.1) is 0 Å². The largest absolute Gasteiger partial charge is 0.491 e. The second-order valence-corrected chi connectivity index (χ2v) is 17.8. The summed E-state index contributed by atoms with van der Waals surface area (Å²) < 4.78 is 23.5. The quantitative estimate of drug-likeness (QED) is 0.0309. The number of rotatable bonds is 28. The molecular weight excluding hydrogens is 957 g/mol. The fourth-order valence-electron chi connectivity index (χ4n) is 7.39. The Hall–Kier alpha value is -7.95. The van der Waals surface area contributed by atoms with E-state index in [4.69, 9.17) is 24.1 Å². The van der Waals surface area contributed by atoms with Crippen molar-refractivity contribution in [1.82, 2.24) is 35.7 Å². The first kappa shape index (κ1) is 53.4. The molecule has 22 nitrogen and oxygen atoms in total. The summed E-state index contributed by atoms with van der Waals surface area (Å²) in [5.74, 6) is -2.68. The Morgan fingerprint density at radius 2 is 1.43 bits per heavy atom. The van der Waals surface area contributed by atoms with Crippen molar-refractivity contribution >= 4 is 80.3 Å². The van der Waals surface area contributed by atoms with Crippen molar-refractivity contribution in [3.8, 4) is 23.3 Å². The van der Waals surface area contributed by atoms with Gasteiger partial charge in [0, 0.05) is 75.6 Å². The number of unbranched alkanes of at least 4 members (excludes halogenated alkanes) is 2. The maximum Gasteiger partial charge on any atom is 0.303 e. The number of carbonyl (C=O) groups excluding carboxylic acids is 8. The third-order valence-corrected chi connectivity index (χ3v) is 12.5. The molecule has 5 heterocycles. The number of amides is 7. The van der Waals surface area contributed by atoms with Crippen LogP contribution >= 0.6 is 11.3 Å². The second-order valence-electron chi connectivity index (χ2n) is 16.7. The molecule has 7 amide bonds. The maximum atomic E-state index is 13.2. The summed E-state index contributed by atoms with van der Waals surface area (Å²) in [5.41, 5.74) is 3.17. The Morgan fingerprint density at radius 1 is 0.750 bits per heavy atom. The van der Waals surface area contributed by atoms with Crippen molar-refractivity contribution in [3.63, 3.8) is 0 Å². The molecule has 72 heavy (non-hydrogen) atoms. The van der Waals surface area contributed by atoms with Crippen molar-refractivity contribution in [2.24, 2.45) is 0 Å². The molecule has 6 rings (SSSR count). The highest BCUT2D eigenvalue weighted by molar-refractivity contribution is 7.20. The number of anilines is 1. The number of hydrogen-bond donors (Lipinski definition) is 5. The lowest BCUT2D eigenvalue weighted by Gasteiger charge is -2.15. The van der Waals surface area contributed by atoms with Crippen LogP contribution in [0.5, 0.6) is 23.3 Å². The molecule has 0 radical (unpaired) electrons. The number of imide groups is 1. The number of ketones is 1. The minimum absolute atomic E-state index is 0.0233. The molecule has 1 atom stereocenters. The topological polar surface area (TPSA) is 291 Å². The van der Waals surface area contributed by atoms with Gasteiger partial charge in [-0.2, -0.15) is 0 Å². The molecule has 0 fully saturated rings. The number of pyridine rings is 2. The van der Waals surface area contributed by atoms with E-state index in [0.717, 1.165) is 16.0 Å². The van der Waals surface area contributed by atoms with Crippen LogP contribution in [0.2, 0.25) is 0 Å². The molecule has 0 aliphatic carbocycles. The van der Waals surface area contributed by atoms with E-state index in [1.54, 1.807) is 47.4 Å². The van der Waals surface area contributed by atoms with Crippen molar-refractivity contribution < 1.29 is 67.2 Å². The molecule has 1 aromatic carbocycles. The van der Waals surface area contributed by atoms with Gasteiger partial charge in [0.1, 0.15) is 6.04 Å². The predicted octanol–water partition coefficient (Wildman–Crippen LogP) is 3.59. The second kappa shape index (κ2) is 25.8. The Bertz CT molecular complexity index is 2710. The summed E-state index contributed by atoms with van der Waals surface area (Å²) in [6.45, 7) is 2.59. The molecule has 0 bridgehead atoms. The smallest absolute Gasteiger partial charge is 0.303 e. The van der Waals surface area contributed by atoms with Gasteiger partial charge in [-0.1, -0.05) is 18.6 Å². The van der Waals surface area contributed by atoms with Gasteiger partial charge < -0.3 is 50.2 Å². The highest BCUT2D eigenvalue weighted by atomic mass is 32.1. The summed E-state index contributed by atoms with van der Waals surface area (Å²) in [6, 6.07) is 10.9. The van der Waals surface area contributed by atoms with Gasteiger partial charge in [0.05, 0.1) is 67.7 Å². The summed E-state index contributed by atoms with van der Waals surface area (Å²) in [6.07, 6.45) is 4.30. The highest BCUT2D eigenvalue weighted by Gasteiger charge is 2.28. The molecule has 23 heteroatoms. The fourth-order valence-corrected chi connectivity index (χ4v) is 8.39. The van der Waals surface area contributed by atoms with E-state index in [0.29, 0.717) is 63.7 Å². The minimum Gasteiger partial charge on any atom is -0.491 e. The van der Waals surface area contributed by atoms with Gasteiger partial charge in [-0.15, -0.1) is 11.3 Å². The normalized spacial score (nSPS) is 13.1. The van der Waals surface area contributed by atoms with Crippen LogP contribution < -0.4 is 40.2 Å². The third-order valence-electron chi connectivity index (χ3n) is 11.3. The number of nitrogens with one attached hydrogen (secondary N) is 4. The maximum absolute atomic E-state index is 13.2. The molecule has 4 aromatic rings. The number of benzene rings is 1. The average Bonchev–Trinajstić information content (AvgIpc) is 4.08. The number of hydrogen-bond acceptors (Lipinski definition) is 16. The molecule has 382 valence electrons. The summed E-state index contributed by atoms with van der Waals surface area (Å²) in [4.78, 5) is 122. The SMILES string of the molecule is COc1cc2c(nc1OCCCOc1nc3cc(C(=O)CCC(=O)O)sc3cc1OC)CN(C(=O)CCC(=O)NCc1ccc(NC(=O)[C@H](C)NC(=O)CNC(=O)CCCCCN3C(=O)C=CC3=O)cc1)C2. The molecule has 3 aromatic heterocycles. The number of carbonyl (C=O) groups is 9. The van der Waals surface area contributed by atoms with Gasteiger partial charge >= 0.3 is 5.97 Å². The van der Waals surface area contributed by atoms with Gasteiger partial charge in [-0.25, -0.2) is 9.97 Å². The number of aliphatic carboxylic acids is 1. The van der Waals surface area contributed by atoms with E-state index in [-0.39, 0.29) is 125 Å². The number of aromatic nitrogens is 2. The number of methoxy groups -OCH3 is 2. The lowest BCUT2D eigenvalue weighted by atomic mass is 10.2. The standard InChI is InChI=1S/C49H56N8O14S/c1-29(52-42(61)26-51-40(59)8-5-4-6-19-57-44(63)16-17-45(57)64)47(67)53-32-11-9-30(10-12-32)25-50-41(60)14-15-43(62)56-27-31-22-36(68-2)48(55-34(31)28-56)70-20-7-21-71-49-37(69-3)24-38-33(54-49)23-39(72-38)35(58)13-18-46(65)66/h9-12,16-17,22-24,29H,4-8,13-15,18-21,25-28H2,1-3H3,(H,50,60)(H,51,59)(H,52,61)(H,53,67)(H,65,66)/t29-/m0/s1. The van der Waals surface area contributed by atoms with Gasteiger partial charge in [0.15, 0.2) is 17.3 Å². The number of thiophene rings is 1. The first-order chi connectivity index (χ1) is 34.6. The van der Waals surface area contributed by atoms with Crippen LogP contribution in [-0.2, 0) is 58.0 Å². The zero-order chi connectivity index (χ0) is 51.7. The zero-order valence-electron chi connectivity index (χ0n) is 40.0. The van der Waals surface area contributed by atoms with E-state index in [1.165, 1.54) is 44.6 Å². The molecule has 0 spiro atoms. The van der Waals surface area contributed by atoms with E-state index in [9.17, 15) is 43.2 Å². The Kier molecular flexibility index (Phi) is 19.1. The molecule has 0 unspecified atom stereocenters. The first-order valence-electron chi connectivity index (χ1n) is 23.2. The van der Waals surface area contributed by atoms with E-state index >= 15 is 0 Å². The predicted molar refractivity (Wildman–Crippen MR) is 259 cm³/mol. The lowest BCUT2D eigenvalue weighted by molar-refractivity contribution is -0.138. The third kappa shape index (κ3) is 15.3. The van der Waals surface area contributed by atoms with E-state index in [2.05, 4.69) is 31.2 Å². The van der Waals surface area contributed by atoms with Gasteiger partial charge in [0.25, 0.3) is 23.6 Å². The van der Waals surface area contributed by atoms with Crippen LogP contribution in [0.25, 0.3) is 10.2 Å². The molecule has 5 N–H and O–H groups in total. The highest BCUT2D eigenvalue weighted by Crippen LogP contribution is 2.35. The molecule has 0 saturated heterocycles. The van der Waals surface area contributed by atoms with Gasteiger partial charge in [-0.05, 0) is 55.2 Å². The van der Waals surface area contributed by atoms with Crippen LogP contribution in [0.15, 0.2) is 54.6 Å². The number of ether oxygens (including phenoxy) is 4. The van der Waals surface area contributed by atoms with Crippen molar-refractivity contribution in [1.29, 1.82) is 0 Å². The van der Waals surface area contributed by atoms with Crippen LogP contribution in [0.1, 0.15) is 91.2 Å². The minimum atomic E-state index is -1.05. The van der Waals surface area contributed by atoms with Crippen LogP contribution in [0.3, 0.4) is 0 Å². The Labute approximate surface area is 417 Å². The van der Waals surface area contributed by atoms with E-state index < -0.39 is 23.8 Å². The van der Waals surface area contributed by atoms with Crippen molar-refractivity contribution in [2.75, 3.05) is 45.8 Å². The number of nitrogens with zero attached hydrogens (tertiary/aromatic N) is 4. The van der Waals surface area contributed by atoms with Crippen molar-refractivity contribution in [3.05, 3.63) is 76.3 Å². The van der Waals surface area contributed by atoms with Crippen LogP contribution in [0.4, 0.5) is 5.69 Å². The number of Topliss-reactive ketones (excluding diaryl/α,β-unsaturated/α-hetero) is 1. The average molecular weight is 1010 g/mol. The lowest BCUT2D eigenvalue weighted by Crippen LogP contribution is -2.45. The Balaban J connectivity index is 0.845.